The molecule has 3 aromatic rings. The number of rotatable bonds is 9. The summed E-state index contributed by atoms with van der Waals surface area (Å²) in [4.78, 5) is 12.4. The van der Waals surface area contributed by atoms with Gasteiger partial charge in [0.05, 0.1) is 24.3 Å². The van der Waals surface area contributed by atoms with Gasteiger partial charge in [-0.15, -0.1) is 0 Å². The van der Waals surface area contributed by atoms with Crippen molar-refractivity contribution in [2.24, 2.45) is 0 Å². The van der Waals surface area contributed by atoms with E-state index in [9.17, 15) is 22.0 Å². The predicted molar refractivity (Wildman–Crippen MR) is 117 cm³/mol. The molecule has 0 aliphatic carbocycles. The molecule has 11 heteroatoms. The second kappa shape index (κ2) is 10.9. The van der Waals surface area contributed by atoms with E-state index in [0.29, 0.717) is 13.0 Å². The molecule has 6 nitrogen and oxygen atoms in total. The van der Waals surface area contributed by atoms with Gasteiger partial charge in [-0.3, -0.25) is 10.3 Å². The average Bonchev–Trinajstić information content (AvgIpc) is 2.80. The number of nitrogens with zero attached hydrogens (tertiary/aromatic N) is 2. The Balaban J connectivity index is 1.67. The van der Waals surface area contributed by atoms with Gasteiger partial charge in [0.15, 0.2) is 5.76 Å². The summed E-state index contributed by atoms with van der Waals surface area (Å²) in [5.41, 5.74) is 1.97. The fraction of sp³-hybridized carbons (Fsp3) is 0.217. The Kier molecular flexibility index (Phi) is 8.00. The number of alkyl halides is 3. The molecule has 3 rings (SSSR count). The van der Waals surface area contributed by atoms with Crippen molar-refractivity contribution in [1.82, 2.24) is 15.4 Å². The molecule has 0 radical (unpaired) electrons. The van der Waals surface area contributed by atoms with Gasteiger partial charge < -0.3 is 10.1 Å². The van der Waals surface area contributed by atoms with Crippen LogP contribution in [0, 0.1) is 11.6 Å². The molecule has 2 N–H and O–H groups in total. The Morgan fingerprint density at radius 3 is 2.38 bits per heavy atom. The number of anilines is 1. The van der Waals surface area contributed by atoms with Crippen LogP contribution >= 0.6 is 0 Å². The highest BCUT2D eigenvalue weighted by molar-refractivity contribution is 5.89. The van der Waals surface area contributed by atoms with E-state index in [1.807, 2.05) is 0 Å². The largest absolute Gasteiger partial charge is 0.455 e. The zero-order chi connectivity index (χ0) is 24.7. The summed E-state index contributed by atoms with van der Waals surface area (Å²) in [5, 5.41) is 2.92. The summed E-state index contributed by atoms with van der Waals surface area (Å²) in [6.07, 6.45) is -1.14. The van der Waals surface area contributed by atoms with Crippen molar-refractivity contribution in [1.29, 1.82) is 0 Å². The van der Waals surface area contributed by atoms with Crippen molar-refractivity contribution < 1.29 is 31.5 Å². The zero-order valence-corrected chi connectivity index (χ0v) is 18.2. The normalized spacial score (nSPS) is 12.7. The molecule has 2 aromatic carbocycles. The minimum absolute atomic E-state index is 0.0420. The number of fused-ring (bicyclic) bond motifs is 1. The van der Waals surface area contributed by atoms with Crippen molar-refractivity contribution in [3.8, 4) is 5.75 Å². The molecular weight excluding hydrogens is 459 g/mol. The van der Waals surface area contributed by atoms with Crippen LogP contribution in [0.4, 0.5) is 27.8 Å². The summed E-state index contributed by atoms with van der Waals surface area (Å²) in [6, 6.07) is 8.41. The quantitative estimate of drug-likeness (QED) is 0.184. The summed E-state index contributed by atoms with van der Waals surface area (Å²) in [5.74, 6) is -1.42. The first-order valence-electron chi connectivity index (χ1n) is 10.1. The number of benzene rings is 2. The lowest BCUT2D eigenvalue weighted by Crippen LogP contribution is -2.19. The number of allylic oxidation sites excluding steroid dienone is 2. The molecule has 0 fully saturated rings. The molecule has 1 aromatic heterocycles. The molecule has 1 heterocycles. The van der Waals surface area contributed by atoms with E-state index in [1.54, 1.807) is 12.1 Å². The van der Waals surface area contributed by atoms with Gasteiger partial charge in [0, 0.05) is 6.54 Å². The third-order valence-electron chi connectivity index (χ3n) is 4.71. The van der Waals surface area contributed by atoms with Gasteiger partial charge >= 0.3 is 6.18 Å². The van der Waals surface area contributed by atoms with Gasteiger partial charge in [-0.25, -0.2) is 18.7 Å². The Morgan fingerprint density at radius 2 is 1.74 bits per heavy atom. The SMILES string of the molecule is C/C=C(\C(=C/NOC)Oc1ccc(CCNc2ncnc3c(F)ccc(F)c23)cc1)C(F)(F)F. The summed E-state index contributed by atoms with van der Waals surface area (Å²) in [7, 11) is 1.26. The molecule has 0 aliphatic rings. The van der Waals surface area contributed by atoms with E-state index in [-0.39, 0.29) is 22.5 Å². The smallest absolute Gasteiger partial charge is 0.419 e. The molecule has 0 saturated heterocycles. The Bertz CT molecular complexity index is 1190. The third-order valence-corrected chi connectivity index (χ3v) is 4.71. The number of ether oxygens (including phenoxy) is 1. The highest BCUT2D eigenvalue weighted by Crippen LogP contribution is 2.32. The number of hydrogen-bond donors (Lipinski definition) is 2. The predicted octanol–water partition coefficient (Wildman–Crippen LogP) is 5.44. The highest BCUT2D eigenvalue weighted by atomic mass is 19.4. The Morgan fingerprint density at radius 1 is 1.03 bits per heavy atom. The minimum atomic E-state index is -4.62. The van der Waals surface area contributed by atoms with E-state index < -0.39 is 29.1 Å². The van der Waals surface area contributed by atoms with Crippen LogP contribution in [-0.2, 0) is 11.3 Å². The number of aromatic nitrogens is 2. The van der Waals surface area contributed by atoms with Gasteiger partial charge in [-0.2, -0.15) is 13.2 Å². The van der Waals surface area contributed by atoms with E-state index in [4.69, 9.17) is 4.74 Å². The number of halogens is 5. The first-order chi connectivity index (χ1) is 16.2. The van der Waals surface area contributed by atoms with E-state index >= 15 is 0 Å². The molecule has 0 spiro atoms. The van der Waals surface area contributed by atoms with Crippen molar-refractivity contribution in [2.45, 2.75) is 19.5 Å². The van der Waals surface area contributed by atoms with E-state index in [2.05, 4.69) is 25.6 Å². The minimum Gasteiger partial charge on any atom is -0.455 e. The first kappa shape index (κ1) is 24.9. The molecule has 0 atom stereocenters. The molecule has 34 heavy (non-hydrogen) atoms. The van der Waals surface area contributed by atoms with Crippen LogP contribution in [0.3, 0.4) is 0 Å². The van der Waals surface area contributed by atoms with Crippen LogP contribution in [0.2, 0.25) is 0 Å². The number of nitrogens with one attached hydrogen (secondary N) is 2. The van der Waals surface area contributed by atoms with E-state index in [1.165, 1.54) is 26.2 Å². The maximum atomic E-state index is 14.2. The van der Waals surface area contributed by atoms with Gasteiger partial charge in [-0.05, 0) is 43.2 Å². The van der Waals surface area contributed by atoms with Crippen LogP contribution in [0.15, 0.2) is 66.3 Å². The molecule has 0 saturated carbocycles. The van der Waals surface area contributed by atoms with Crippen molar-refractivity contribution in [3.05, 3.63) is 83.5 Å². The zero-order valence-electron chi connectivity index (χ0n) is 18.2. The second-order valence-corrected chi connectivity index (χ2v) is 6.93. The fourth-order valence-corrected chi connectivity index (χ4v) is 3.13. The highest BCUT2D eigenvalue weighted by Gasteiger charge is 2.36. The topological polar surface area (TPSA) is 68.3 Å². The molecule has 0 amide bonds. The average molecular weight is 480 g/mol. The summed E-state index contributed by atoms with van der Waals surface area (Å²) < 4.78 is 73.3. The molecule has 180 valence electrons. The van der Waals surface area contributed by atoms with Crippen LogP contribution < -0.4 is 15.5 Å². The maximum Gasteiger partial charge on any atom is 0.419 e. The summed E-state index contributed by atoms with van der Waals surface area (Å²) in [6.45, 7) is 1.59. The Hall–Kier alpha value is -3.73. The molecule has 0 unspecified atom stereocenters. The first-order valence-corrected chi connectivity index (χ1v) is 10.1. The lowest BCUT2D eigenvalue weighted by molar-refractivity contribution is -0.0922. The monoisotopic (exact) mass is 480 g/mol. The van der Waals surface area contributed by atoms with Gasteiger partial charge in [-0.1, -0.05) is 18.2 Å². The van der Waals surface area contributed by atoms with Crippen molar-refractivity contribution >= 4 is 16.7 Å². The van der Waals surface area contributed by atoms with Gasteiger partial charge in [0.1, 0.15) is 35.0 Å². The standard InChI is InChI=1S/C23H21F5N4O2/c1-3-16(23(26,27)28)19(12-32-33-2)34-15-6-4-14(5-7-15)10-11-29-22-20-17(24)8-9-18(25)21(20)30-13-31-22/h3-9,12-13,32H,10-11H2,1-2H3,(H,29,30,31)/b16-3+,19-12+. The van der Waals surface area contributed by atoms with Crippen LogP contribution in [0.25, 0.3) is 10.9 Å². The van der Waals surface area contributed by atoms with Gasteiger partial charge in [0.2, 0.25) is 0 Å². The van der Waals surface area contributed by atoms with E-state index in [0.717, 1.165) is 36.3 Å². The third kappa shape index (κ3) is 5.98. The van der Waals surface area contributed by atoms with Crippen molar-refractivity contribution in [3.63, 3.8) is 0 Å². The van der Waals surface area contributed by atoms with Gasteiger partial charge in [0.25, 0.3) is 0 Å². The lowest BCUT2D eigenvalue weighted by atomic mass is 10.1. The lowest BCUT2D eigenvalue weighted by Gasteiger charge is -2.16. The second-order valence-electron chi connectivity index (χ2n) is 6.93. The summed E-state index contributed by atoms with van der Waals surface area (Å²) >= 11 is 0. The van der Waals surface area contributed by atoms with Crippen molar-refractivity contribution in [2.75, 3.05) is 19.0 Å². The van der Waals surface area contributed by atoms with Crippen LogP contribution in [0.1, 0.15) is 12.5 Å². The molecule has 0 aliphatic heterocycles. The van der Waals surface area contributed by atoms with Crippen LogP contribution in [0.5, 0.6) is 5.75 Å². The fourth-order valence-electron chi connectivity index (χ4n) is 3.13. The molecular formula is C23H21F5N4O2. The molecule has 0 bridgehead atoms. The number of hydrogen-bond acceptors (Lipinski definition) is 6. The Labute approximate surface area is 192 Å². The maximum absolute atomic E-state index is 14.2. The van der Waals surface area contributed by atoms with Crippen LogP contribution in [-0.4, -0.2) is 29.8 Å². The number of hydroxylamine groups is 1.